The highest BCUT2D eigenvalue weighted by Gasteiger charge is 2.24. The number of carbonyl (C=O) groups excluding carboxylic acids is 3. The summed E-state index contributed by atoms with van der Waals surface area (Å²) >= 11 is 0. The van der Waals surface area contributed by atoms with Crippen LogP contribution < -0.4 is 9.47 Å². The van der Waals surface area contributed by atoms with Gasteiger partial charge in [0.25, 0.3) is 0 Å². The maximum atomic E-state index is 12.2. The van der Waals surface area contributed by atoms with Crippen LogP contribution in [0.5, 0.6) is 11.5 Å². The number of carbonyl (C=O) groups is 3. The maximum Gasteiger partial charge on any atom is 0.338 e. The molecule has 1 aliphatic rings. The molecule has 0 aliphatic heterocycles. The lowest BCUT2D eigenvalue weighted by molar-refractivity contribution is -0.138. The Balaban J connectivity index is 1.63. The van der Waals surface area contributed by atoms with E-state index in [-0.39, 0.29) is 28.6 Å². The zero-order valence-corrected chi connectivity index (χ0v) is 23.0. The minimum absolute atomic E-state index is 0.191. The van der Waals surface area contributed by atoms with Gasteiger partial charge in [-0.1, -0.05) is 56.1 Å². The first-order valence-corrected chi connectivity index (χ1v) is 13.0. The Bertz CT molecular complexity index is 1500. The van der Waals surface area contributed by atoms with Gasteiger partial charge in [-0.2, -0.15) is 0 Å². The summed E-state index contributed by atoms with van der Waals surface area (Å²) < 4.78 is 16.2. The smallest absolute Gasteiger partial charge is 0.338 e. The van der Waals surface area contributed by atoms with E-state index < -0.39 is 17.9 Å². The van der Waals surface area contributed by atoms with Crippen LogP contribution in [0.4, 0.5) is 0 Å². The van der Waals surface area contributed by atoms with Crippen molar-refractivity contribution in [2.24, 2.45) is 0 Å². The van der Waals surface area contributed by atoms with Crippen molar-refractivity contribution in [3.63, 3.8) is 0 Å². The molecular weight excluding hydrogens is 504 g/mol. The monoisotopic (exact) mass is 536 g/mol. The van der Waals surface area contributed by atoms with E-state index in [9.17, 15) is 14.4 Å². The van der Waals surface area contributed by atoms with Gasteiger partial charge in [0.2, 0.25) is 0 Å². The molecule has 6 nitrogen and oxygen atoms in total. The topological polar surface area (TPSA) is 78.9 Å². The molecule has 0 bridgehead atoms. The van der Waals surface area contributed by atoms with Crippen LogP contribution in [-0.4, -0.2) is 24.5 Å². The summed E-state index contributed by atoms with van der Waals surface area (Å²) in [6.07, 6.45) is 3.05. The molecule has 40 heavy (non-hydrogen) atoms. The van der Waals surface area contributed by atoms with Gasteiger partial charge < -0.3 is 14.2 Å². The first kappa shape index (κ1) is 28.3. The lowest BCUT2D eigenvalue weighted by Gasteiger charge is -2.14. The third-order valence-electron chi connectivity index (χ3n) is 6.81. The Kier molecular flexibility index (Phi) is 8.49. The standard InChI is InChI=1S/C34H32O6/c1-7-32(35)38-19-26-9-8-25-15-24(11-13-31(25)26)30-12-10-23(14-22(30)6)27-16-28(39-33(36)20(2)3)18-29(17-27)40-34(37)21(4)5/h7,10-18,26H,1-2,4,8-9,19H2,3,5-6H3. The van der Waals surface area contributed by atoms with Gasteiger partial charge in [-0.15, -0.1) is 0 Å². The van der Waals surface area contributed by atoms with E-state index in [1.165, 1.54) is 23.3 Å². The summed E-state index contributed by atoms with van der Waals surface area (Å²) in [6, 6.07) is 17.4. The molecule has 0 spiro atoms. The summed E-state index contributed by atoms with van der Waals surface area (Å²) in [4.78, 5) is 35.8. The van der Waals surface area contributed by atoms with Crippen LogP contribution in [0.15, 0.2) is 91.6 Å². The number of aryl methyl sites for hydroxylation is 2. The molecule has 0 aromatic heterocycles. The fraction of sp³-hybridized carbons (Fsp3) is 0.206. The second kappa shape index (κ2) is 12.0. The van der Waals surface area contributed by atoms with E-state index in [1.54, 1.807) is 26.0 Å². The number of hydrogen-bond acceptors (Lipinski definition) is 6. The van der Waals surface area contributed by atoms with Gasteiger partial charge in [0, 0.05) is 29.2 Å². The quantitative estimate of drug-likeness (QED) is 0.166. The van der Waals surface area contributed by atoms with Crippen LogP contribution in [-0.2, 0) is 25.5 Å². The predicted octanol–water partition coefficient (Wildman–Crippen LogP) is 7.05. The summed E-state index contributed by atoms with van der Waals surface area (Å²) in [5, 5.41) is 0. The van der Waals surface area contributed by atoms with Crippen LogP contribution in [0.1, 0.15) is 42.9 Å². The number of benzene rings is 3. The number of hydrogen-bond donors (Lipinski definition) is 0. The highest BCUT2D eigenvalue weighted by atomic mass is 16.5. The highest BCUT2D eigenvalue weighted by Crippen LogP contribution is 2.38. The average molecular weight is 537 g/mol. The van der Waals surface area contributed by atoms with Crippen molar-refractivity contribution < 1.29 is 28.6 Å². The second-order valence-corrected chi connectivity index (χ2v) is 10.0. The van der Waals surface area contributed by atoms with Gasteiger partial charge in [0.15, 0.2) is 0 Å². The minimum atomic E-state index is -0.571. The molecule has 0 N–H and O–H groups in total. The fourth-order valence-electron chi connectivity index (χ4n) is 4.70. The fourth-order valence-corrected chi connectivity index (χ4v) is 4.70. The van der Waals surface area contributed by atoms with Crippen LogP contribution >= 0.6 is 0 Å². The lowest BCUT2D eigenvalue weighted by Crippen LogP contribution is -2.10. The second-order valence-electron chi connectivity index (χ2n) is 10.0. The van der Waals surface area contributed by atoms with E-state index in [1.807, 2.05) is 19.1 Å². The van der Waals surface area contributed by atoms with Gasteiger partial charge in [-0.25, -0.2) is 14.4 Å². The average Bonchev–Trinajstić information content (AvgIpc) is 3.33. The first-order valence-electron chi connectivity index (χ1n) is 13.0. The van der Waals surface area contributed by atoms with E-state index in [4.69, 9.17) is 14.2 Å². The van der Waals surface area contributed by atoms with Crippen molar-refractivity contribution >= 4 is 17.9 Å². The number of rotatable bonds is 9. The molecule has 0 fully saturated rings. The summed E-state index contributed by atoms with van der Waals surface area (Å²) in [5.41, 5.74) is 7.82. The molecule has 204 valence electrons. The molecular formula is C34H32O6. The Morgan fingerprint density at radius 3 is 2.05 bits per heavy atom. The van der Waals surface area contributed by atoms with Crippen molar-refractivity contribution in [1.82, 2.24) is 0 Å². The largest absolute Gasteiger partial charge is 0.462 e. The normalized spacial score (nSPS) is 13.6. The van der Waals surface area contributed by atoms with Gasteiger partial charge in [0.1, 0.15) is 11.5 Å². The Morgan fingerprint density at radius 1 is 0.850 bits per heavy atom. The molecule has 6 heteroatoms. The van der Waals surface area contributed by atoms with Crippen molar-refractivity contribution in [3.8, 4) is 33.8 Å². The molecule has 1 aliphatic carbocycles. The molecule has 4 rings (SSSR count). The number of fused-ring (bicyclic) bond motifs is 1. The Labute approximate surface area is 234 Å². The molecule has 0 saturated heterocycles. The molecule has 0 radical (unpaired) electrons. The van der Waals surface area contributed by atoms with Crippen molar-refractivity contribution in [2.75, 3.05) is 6.61 Å². The van der Waals surface area contributed by atoms with Crippen molar-refractivity contribution in [1.29, 1.82) is 0 Å². The number of esters is 3. The molecule has 0 heterocycles. The minimum Gasteiger partial charge on any atom is -0.462 e. The lowest BCUT2D eigenvalue weighted by atomic mass is 9.93. The van der Waals surface area contributed by atoms with Crippen LogP contribution in [0, 0.1) is 6.92 Å². The van der Waals surface area contributed by atoms with Gasteiger partial charge >= 0.3 is 17.9 Å². The van der Waals surface area contributed by atoms with Gasteiger partial charge in [0.05, 0.1) is 6.61 Å². The van der Waals surface area contributed by atoms with Crippen LogP contribution in [0.25, 0.3) is 22.3 Å². The first-order chi connectivity index (χ1) is 19.0. The SMILES string of the molecule is C=CC(=O)OCC1CCc2cc(-c3ccc(-c4cc(OC(=O)C(=C)C)cc(OC(=O)C(=C)C)c4)cc3C)ccc21. The van der Waals surface area contributed by atoms with Gasteiger partial charge in [-0.05, 0) is 84.7 Å². The van der Waals surface area contributed by atoms with Crippen molar-refractivity contribution in [2.45, 2.75) is 39.5 Å². The molecule has 3 aromatic rings. The number of ether oxygens (including phenoxy) is 3. The summed E-state index contributed by atoms with van der Waals surface area (Å²) in [7, 11) is 0. The van der Waals surface area contributed by atoms with E-state index in [2.05, 4.69) is 44.0 Å². The molecule has 3 aromatic carbocycles. The predicted molar refractivity (Wildman–Crippen MR) is 155 cm³/mol. The van der Waals surface area contributed by atoms with E-state index >= 15 is 0 Å². The summed E-state index contributed by atoms with van der Waals surface area (Å²) in [6.45, 7) is 16.2. The third kappa shape index (κ3) is 6.46. The highest BCUT2D eigenvalue weighted by molar-refractivity contribution is 5.90. The zero-order valence-electron chi connectivity index (χ0n) is 23.0. The Morgan fingerprint density at radius 2 is 1.48 bits per heavy atom. The third-order valence-corrected chi connectivity index (χ3v) is 6.81. The van der Waals surface area contributed by atoms with Gasteiger partial charge in [-0.3, -0.25) is 0 Å². The molecule has 0 saturated carbocycles. The van der Waals surface area contributed by atoms with Crippen molar-refractivity contribution in [3.05, 3.63) is 108 Å². The summed E-state index contributed by atoms with van der Waals surface area (Å²) in [5.74, 6) is -0.873. The Hall–Kier alpha value is -4.71. The van der Waals surface area contributed by atoms with E-state index in [0.29, 0.717) is 6.61 Å². The molecule has 0 amide bonds. The van der Waals surface area contributed by atoms with Crippen LogP contribution in [0.2, 0.25) is 0 Å². The zero-order chi connectivity index (χ0) is 29.0. The molecule has 1 unspecified atom stereocenters. The van der Waals surface area contributed by atoms with Crippen LogP contribution in [0.3, 0.4) is 0 Å². The molecule has 1 atom stereocenters. The van der Waals surface area contributed by atoms with E-state index in [0.717, 1.165) is 40.7 Å². The maximum absolute atomic E-state index is 12.2.